The van der Waals surface area contributed by atoms with Crippen molar-refractivity contribution < 1.29 is 9.53 Å². The Morgan fingerprint density at radius 3 is 2.61 bits per heavy atom. The Balaban J connectivity index is 1.35. The first-order valence-electron chi connectivity index (χ1n) is 10.2. The molecule has 148 valence electrons. The van der Waals surface area contributed by atoms with Crippen LogP contribution in [0.5, 0.6) is 5.75 Å². The number of carbonyl (C=O) groups is 1. The first-order valence-corrected chi connectivity index (χ1v) is 10.2. The second kappa shape index (κ2) is 8.74. The Morgan fingerprint density at radius 2 is 1.86 bits per heavy atom. The van der Waals surface area contributed by atoms with Gasteiger partial charge in [-0.3, -0.25) is 14.7 Å². The zero-order chi connectivity index (χ0) is 19.3. The summed E-state index contributed by atoms with van der Waals surface area (Å²) in [6.07, 6.45) is 6.55. The average molecular weight is 380 g/mol. The van der Waals surface area contributed by atoms with Crippen molar-refractivity contribution >= 4 is 5.91 Å². The summed E-state index contributed by atoms with van der Waals surface area (Å²) in [7, 11) is 1.70. The highest BCUT2D eigenvalue weighted by Crippen LogP contribution is 2.33. The van der Waals surface area contributed by atoms with E-state index in [9.17, 15) is 4.79 Å². The number of aromatic nitrogens is 1. The molecule has 28 heavy (non-hydrogen) atoms. The van der Waals surface area contributed by atoms with E-state index in [2.05, 4.69) is 28.1 Å². The topological polar surface area (TPSA) is 45.7 Å². The number of rotatable bonds is 5. The summed E-state index contributed by atoms with van der Waals surface area (Å²) in [5, 5.41) is 0. The number of hydrogen-bond donors (Lipinski definition) is 0. The van der Waals surface area contributed by atoms with Crippen molar-refractivity contribution in [3.63, 3.8) is 0 Å². The van der Waals surface area contributed by atoms with Gasteiger partial charge >= 0.3 is 0 Å². The minimum absolute atomic E-state index is 0.306. The molecule has 2 aliphatic rings. The van der Waals surface area contributed by atoms with Gasteiger partial charge in [0.1, 0.15) is 5.75 Å². The monoisotopic (exact) mass is 379 g/mol. The Labute approximate surface area is 167 Å². The van der Waals surface area contributed by atoms with Gasteiger partial charge in [-0.2, -0.15) is 0 Å². The van der Waals surface area contributed by atoms with E-state index in [1.807, 2.05) is 29.3 Å². The van der Waals surface area contributed by atoms with Crippen LogP contribution in [0.1, 0.15) is 30.4 Å². The standard InChI is InChI=1S/C23H29N3O2/c1-28-22-6-4-18(5-7-22)15-25-11-8-20-13-23(27)26(12-9-21(20)17-25)16-19-3-2-10-24-14-19/h2-7,10,14,20-21H,8-9,11-13,15-17H2,1H3/t20-,21+/m1/s1. The van der Waals surface area contributed by atoms with Crippen LogP contribution in [0.25, 0.3) is 0 Å². The van der Waals surface area contributed by atoms with Gasteiger partial charge < -0.3 is 9.64 Å². The minimum Gasteiger partial charge on any atom is -0.497 e. The molecular weight excluding hydrogens is 350 g/mol. The molecule has 5 nitrogen and oxygen atoms in total. The zero-order valence-electron chi connectivity index (χ0n) is 16.6. The van der Waals surface area contributed by atoms with Crippen LogP contribution < -0.4 is 4.74 Å². The molecule has 0 saturated carbocycles. The highest BCUT2D eigenvalue weighted by Gasteiger charge is 2.34. The van der Waals surface area contributed by atoms with E-state index in [1.165, 1.54) is 5.56 Å². The number of nitrogens with zero attached hydrogens (tertiary/aromatic N) is 3. The molecular formula is C23H29N3O2. The van der Waals surface area contributed by atoms with E-state index in [1.54, 1.807) is 13.3 Å². The molecule has 2 aliphatic heterocycles. The number of amides is 1. The second-order valence-electron chi connectivity index (χ2n) is 8.06. The van der Waals surface area contributed by atoms with E-state index >= 15 is 0 Å². The van der Waals surface area contributed by atoms with Crippen LogP contribution in [0.3, 0.4) is 0 Å². The summed E-state index contributed by atoms with van der Waals surface area (Å²) in [5.74, 6) is 2.34. The van der Waals surface area contributed by atoms with Gasteiger partial charge in [0.15, 0.2) is 0 Å². The fourth-order valence-electron chi connectivity index (χ4n) is 4.56. The average Bonchev–Trinajstić information content (AvgIpc) is 2.88. The maximum atomic E-state index is 12.8. The van der Waals surface area contributed by atoms with Crippen molar-refractivity contribution in [1.29, 1.82) is 0 Å². The molecule has 0 bridgehead atoms. The predicted octanol–water partition coefficient (Wildman–Crippen LogP) is 3.35. The van der Waals surface area contributed by atoms with Crippen LogP contribution in [0.4, 0.5) is 0 Å². The maximum Gasteiger partial charge on any atom is 0.223 e. The molecule has 0 spiro atoms. The third-order valence-corrected chi connectivity index (χ3v) is 6.20. The molecule has 1 aromatic heterocycles. The van der Waals surface area contributed by atoms with Gasteiger partial charge in [0, 0.05) is 45.0 Å². The predicted molar refractivity (Wildman–Crippen MR) is 109 cm³/mol. The van der Waals surface area contributed by atoms with Crippen molar-refractivity contribution in [3.05, 3.63) is 59.9 Å². The minimum atomic E-state index is 0.306. The largest absolute Gasteiger partial charge is 0.497 e. The number of likely N-dealkylation sites (tertiary alicyclic amines) is 2. The molecule has 1 aromatic carbocycles. The third kappa shape index (κ3) is 4.53. The van der Waals surface area contributed by atoms with Gasteiger partial charge in [-0.25, -0.2) is 0 Å². The Hall–Kier alpha value is -2.40. The summed E-state index contributed by atoms with van der Waals surface area (Å²) in [5.41, 5.74) is 2.43. The third-order valence-electron chi connectivity index (χ3n) is 6.20. The number of fused-ring (bicyclic) bond motifs is 1. The normalized spacial score (nSPS) is 23.2. The van der Waals surface area contributed by atoms with Crippen molar-refractivity contribution in [2.45, 2.75) is 32.4 Å². The Morgan fingerprint density at radius 1 is 1.04 bits per heavy atom. The van der Waals surface area contributed by atoms with Crippen LogP contribution in [-0.4, -0.2) is 47.4 Å². The number of ether oxygens (including phenoxy) is 1. The number of benzene rings is 1. The summed E-state index contributed by atoms with van der Waals surface area (Å²) in [6.45, 7) is 4.67. The Bertz CT molecular complexity index is 778. The lowest BCUT2D eigenvalue weighted by molar-refractivity contribution is -0.132. The summed E-state index contributed by atoms with van der Waals surface area (Å²) >= 11 is 0. The lowest BCUT2D eigenvalue weighted by Gasteiger charge is -2.37. The lowest BCUT2D eigenvalue weighted by Crippen LogP contribution is -2.40. The molecule has 3 heterocycles. The van der Waals surface area contributed by atoms with Crippen LogP contribution in [0.2, 0.25) is 0 Å². The van der Waals surface area contributed by atoms with Crippen molar-refractivity contribution in [1.82, 2.24) is 14.8 Å². The van der Waals surface area contributed by atoms with E-state index in [0.717, 1.165) is 50.3 Å². The molecule has 0 N–H and O–H groups in total. The smallest absolute Gasteiger partial charge is 0.223 e. The first-order chi connectivity index (χ1) is 13.7. The number of pyridine rings is 1. The molecule has 2 atom stereocenters. The van der Waals surface area contributed by atoms with Gasteiger partial charge in [0.2, 0.25) is 5.91 Å². The molecule has 4 rings (SSSR count). The molecule has 5 heteroatoms. The van der Waals surface area contributed by atoms with Crippen LogP contribution in [0.15, 0.2) is 48.8 Å². The van der Waals surface area contributed by atoms with Crippen LogP contribution >= 0.6 is 0 Å². The quantitative estimate of drug-likeness (QED) is 0.799. The lowest BCUT2D eigenvalue weighted by atomic mass is 9.82. The van der Waals surface area contributed by atoms with Gasteiger partial charge in [-0.1, -0.05) is 18.2 Å². The fourth-order valence-corrected chi connectivity index (χ4v) is 4.56. The summed E-state index contributed by atoms with van der Waals surface area (Å²) < 4.78 is 5.25. The van der Waals surface area contributed by atoms with Gasteiger partial charge in [0.05, 0.1) is 7.11 Å². The fraction of sp³-hybridized carbons (Fsp3) is 0.478. The molecule has 2 fully saturated rings. The Kier molecular flexibility index (Phi) is 5.91. The zero-order valence-corrected chi connectivity index (χ0v) is 16.6. The molecule has 2 aromatic rings. The number of hydrogen-bond acceptors (Lipinski definition) is 4. The van der Waals surface area contributed by atoms with Crippen molar-refractivity contribution in [2.75, 3.05) is 26.7 Å². The van der Waals surface area contributed by atoms with E-state index < -0.39 is 0 Å². The molecule has 0 aliphatic carbocycles. The van der Waals surface area contributed by atoms with Crippen molar-refractivity contribution in [2.24, 2.45) is 11.8 Å². The van der Waals surface area contributed by atoms with Crippen molar-refractivity contribution in [3.8, 4) is 5.75 Å². The highest BCUT2D eigenvalue weighted by molar-refractivity contribution is 5.76. The molecule has 1 amide bonds. The van der Waals surface area contributed by atoms with E-state index in [4.69, 9.17) is 4.74 Å². The number of methoxy groups -OCH3 is 1. The summed E-state index contributed by atoms with van der Waals surface area (Å²) in [4.78, 5) is 21.5. The van der Waals surface area contributed by atoms with Gasteiger partial charge in [0.25, 0.3) is 0 Å². The number of piperidine rings is 1. The second-order valence-corrected chi connectivity index (χ2v) is 8.06. The SMILES string of the molecule is COc1ccc(CN2CC[C@@H]3CC(=O)N(Cc4cccnc4)CC[C@H]3C2)cc1. The summed E-state index contributed by atoms with van der Waals surface area (Å²) in [6, 6.07) is 12.4. The maximum absolute atomic E-state index is 12.8. The van der Waals surface area contributed by atoms with Gasteiger partial charge in [-0.15, -0.1) is 0 Å². The molecule has 2 saturated heterocycles. The van der Waals surface area contributed by atoms with E-state index in [0.29, 0.717) is 30.7 Å². The molecule has 0 unspecified atom stereocenters. The van der Waals surface area contributed by atoms with Gasteiger partial charge in [-0.05, 0) is 60.5 Å². The van der Waals surface area contributed by atoms with E-state index in [-0.39, 0.29) is 0 Å². The first kappa shape index (κ1) is 18.9. The van der Waals surface area contributed by atoms with Crippen LogP contribution in [0, 0.1) is 11.8 Å². The molecule has 0 radical (unpaired) electrons. The van der Waals surface area contributed by atoms with Crippen LogP contribution in [-0.2, 0) is 17.9 Å². The highest BCUT2D eigenvalue weighted by atomic mass is 16.5. The number of carbonyl (C=O) groups excluding carboxylic acids is 1.